The fourth-order valence-electron chi connectivity index (χ4n) is 2.20. The molecule has 0 bridgehead atoms. The van der Waals surface area contributed by atoms with Gasteiger partial charge in [0.1, 0.15) is 17.2 Å². The van der Waals surface area contributed by atoms with Gasteiger partial charge in [0.25, 0.3) is 12.0 Å². The monoisotopic (exact) mass is 387 g/mol. The van der Waals surface area contributed by atoms with E-state index in [9.17, 15) is 22.8 Å². The first kappa shape index (κ1) is 17.9. The number of anilines is 1. The van der Waals surface area contributed by atoms with Gasteiger partial charge in [-0.15, -0.1) is 0 Å². The molecule has 0 aromatic heterocycles. The zero-order chi connectivity index (χ0) is 19.1. The van der Waals surface area contributed by atoms with E-state index in [2.05, 4.69) is 5.32 Å². The Morgan fingerprint density at radius 1 is 1.23 bits per heavy atom. The first-order chi connectivity index (χ1) is 12.1. The molecule has 1 atom stereocenters. The number of fused-ring (bicyclic) bond motifs is 1. The van der Waals surface area contributed by atoms with Gasteiger partial charge in [0.15, 0.2) is 0 Å². The maximum Gasteiger partial charge on any atom is 0.416 e. The second-order valence-electron chi connectivity index (χ2n) is 5.23. The molecule has 0 radical (unpaired) electrons. The number of carboxylic acids is 1. The molecule has 2 aromatic carbocycles. The van der Waals surface area contributed by atoms with Gasteiger partial charge in [-0.1, -0.05) is 11.6 Å². The summed E-state index contributed by atoms with van der Waals surface area (Å²) in [6.07, 6.45) is -6.25. The van der Waals surface area contributed by atoms with Crippen LogP contribution in [0.3, 0.4) is 0 Å². The summed E-state index contributed by atoms with van der Waals surface area (Å²) in [7, 11) is 0. The van der Waals surface area contributed by atoms with Crippen LogP contribution < -0.4 is 14.8 Å². The van der Waals surface area contributed by atoms with E-state index in [4.69, 9.17) is 26.2 Å². The molecule has 0 saturated heterocycles. The minimum Gasteiger partial charge on any atom is -0.478 e. The summed E-state index contributed by atoms with van der Waals surface area (Å²) in [5.41, 5.74) is -0.686. The molecule has 10 heteroatoms. The molecule has 26 heavy (non-hydrogen) atoms. The Bertz CT molecular complexity index is 900. The van der Waals surface area contributed by atoms with E-state index < -0.39 is 29.7 Å². The van der Waals surface area contributed by atoms with Gasteiger partial charge >= 0.3 is 12.1 Å². The Hall–Kier alpha value is -2.94. The van der Waals surface area contributed by atoms with Crippen LogP contribution in [0, 0.1) is 0 Å². The molecule has 136 valence electrons. The summed E-state index contributed by atoms with van der Waals surface area (Å²) in [6, 6.07) is 6.71. The third kappa shape index (κ3) is 3.52. The fourth-order valence-corrected chi connectivity index (χ4v) is 2.41. The topological polar surface area (TPSA) is 84.9 Å². The molecule has 3 rings (SSSR count). The van der Waals surface area contributed by atoms with Crippen molar-refractivity contribution in [3.8, 4) is 17.2 Å². The Kier molecular flexibility index (Phi) is 4.41. The molecular weight excluding hydrogens is 379 g/mol. The molecule has 2 aromatic rings. The molecule has 1 aliphatic heterocycles. The average Bonchev–Trinajstić information content (AvgIpc) is 2.55. The minimum atomic E-state index is -4.54. The molecule has 2 N–H and O–H groups in total. The lowest BCUT2D eigenvalue weighted by Crippen LogP contribution is -2.42. The van der Waals surface area contributed by atoms with Gasteiger partial charge in [-0.3, -0.25) is 4.79 Å². The molecule has 0 spiro atoms. The molecule has 0 aliphatic carbocycles. The summed E-state index contributed by atoms with van der Waals surface area (Å²) in [6.45, 7) is 0. The zero-order valence-corrected chi connectivity index (χ0v) is 13.4. The number of benzene rings is 2. The van der Waals surface area contributed by atoms with Crippen molar-refractivity contribution in [1.82, 2.24) is 0 Å². The van der Waals surface area contributed by atoms with Gasteiger partial charge in [0, 0.05) is 6.07 Å². The Balaban J connectivity index is 1.85. The summed E-state index contributed by atoms with van der Waals surface area (Å²) in [5, 5.41) is 11.1. The average molecular weight is 388 g/mol. The highest BCUT2D eigenvalue weighted by atomic mass is 35.5. The lowest BCUT2D eigenvalue weighted by atomic mass is 10.2. The Labute approximate surface area is 149 Å². The van der Waals surface area contributed by atoms with E-state index in [0.717, 1.165) is 18.2 Å². The Morgan fingerprint density at radius 2 is 1.96 bits per heavy atom. The number of alkyl halides is 3. The van der Waals surface area contributed by atoms with Crippen molar-refractivity contribution < 1.29 is 37.3 Å². The van der Waals surface area contributed by atoms with E-state index in [1.807, 2.05) is 0 Å². The zero-order valence-electron chi connectivity index (χ0n) is 12.6. The van der Waals surface area contributed by atoms with Gasteiger partial charge in [0.2, 0.25) is 0 Å². The van der Waals surface area contributed by atoms with Crippen LogP contribution in [0.25, 0.3) is 0 Å². The quantitative estimate of drug-likeness (QED) is 0.779. The van der Waals surface area contributed by atoms with Crippen LogP contribution in [0.4, 0.5) is 18.9 Å². The lowest BCUT2D eigenvalue weighted by Gasteiger charge is -2.23. The first-order valence-corrected chi connectivity index (χ1v) is 7.42. The van der Waals surface area contributed by atoms with E-state index in [-0.39, 0.29) is 28.0 Å². The number of ether oxygens (including phenoxy) is 2. The molecular formula is C16H9ClF3NO5. The smallest absolute Gasteiger partial charge is 0.416 e. The maximum atomic E-state index is 12.7. The third-order valence-electron chi connectivity index (χ3n) is 3.41. The van der Waals surface area contributed by atoms with Crippen molar-refractivity contribution >= 4 is 29.2 Å². The van der Waals surface area contributed by atoms with Crippen molar-refractivity contribution in [2.75, 3.05) is 5.32 Å². The molecule has 0 saturated carbocycles. The highest BCUT2D eigenvalue weighted by molar-refractivity contribution is 6.32. The van der Waals surface area contributed by atoms with Crippen LogP contribution >= 0.6 is 11.6 Å². The highest BCUT2D eigenvalue weighted by Crippen LogP contribution is 2.39. The van der Waals surface area contributed by atoms with Crippen LogP contribution in [0.15, 0.2) is 36.4 Å². The summed E-state index contributed by atoms with van der Waals surface area (Å²) in [5.74, 6) is -2.16. The number of carbonyl (C=O) groups is 2. The van der Waals surface area contributed by atoms with Crippen molar-refractivity contribution in [3.63, 3.8) is 0 Å². The largest absolute Gasteiger partial charge is 0.478 e. The van der Waals surface area contributed by atoms with E-state index >= 15 is 0 Å². The molecule has 0 fully saturated rings. The number of rotatable bonds is 3. The van der Waals surface area contributed by atoms with Gasteiger partial charge in [0.05, 0.1) is 16.3 Å². The van der Waals surface area contributed by atoms with Crippen molar-refractivity contribution in [2.24, 2.45) is 0 Å². The van der Waals surface area contributed by atoms with Crippen molar-refractivity contribution in [3.05, 3.63) is 47.0 Å². The van der Waals surface area contributed by atoms with Crippen LogP contribution in [0.1, 0.15) is 5.56 Å². The number of halogens is 4. The minimum absolute atomic E-state index is 0.0331. The number of carboxylic acid groups (broad SMARTS) is 1. The van der Waals surface area contributed by atoms with E-state index in [1.165, 1.54) is 18.2 Å². The molecule has 6 nitrogen and oxygen atoms in total. The fraction of sp³-hybridized carbons (Fsp3) is 0.125. The number of aliphatic carboxylic acids is 1. The van der Waals surface area contributed by atoms with Gasteiger partial charge in [-0.25, -0.2) is 4.79 Å². The predicted octanol–water partition coefficient (Wildman–Crippen LogP) is 3.94. The number of hydrogen-bond donors (Lipinski definition) is 2. The van der Waals surface area contributed by atoms with E-state index in [1.54, 1.807) is 0 Å². The van der Waals surface area contributed by atoms with Crippen LogP contribution in [-0.4, -0.2) is 23.1 Å². The van der Waals surface area contributed by atoms with Crippen molar-refractivity contribution in [2.45, 2.75) is 12.3 Å². The number of nitrogens with one attached hydrogen (secondary N) is 1. The van der Waals surface area contributed by atoms with Gasteiger partial charge < -0.3 is 19.9 Å². The highest BCUT2D eigenvalue weighted by Gasteiger charge is 2.34. The van der Waals surface area contributed by atoms with Gasteiger partial charge in [-0.2, -0.15) is 13.2 Å². The molecule has 1 aliphatic rings. The summed E-state index contributed by atoms with van der Waals surface area (Å²) in [4.78, 5) is 22.6. The second kappa shape index (κ2) is 6.41. The normalized spacial score (nSPS) is 16.3. The lowest BCUT2D eigenvalue weighted by molar-refractivity contribution is -0.149. The Morgan fingerprint density at radius 3 is 2.58 bits per heavy atom. The number of carbonyl (C=O) groups excluding carboxylic acids is 1. The molecule has 1 amide bonds. The second-order valence-corrected chi connectivity index (χ2v) is 5.64. The number of hydrogen-bond acceptors (Lipinski definition) is 4. The van der Waals surface area contributed by atoms with Crippen molar-refractivity contribution in [1.29, 1.82) is 0 Å². The predicted molar refractivity (Wildman–Crippen MR) is 83.7 cm³/mol. The summed E-state index contributed by atoms with van der Waals surface area (Å²) < 4.78 is 48.5. The van der Waals surface area contributed by atoms with Crippen LogP contribution in [0.5, 0.6) is 17.2 Å². The summed E-state index contributed by atoms with van der Waals surface area (Å²) >= 11 is 5.82. The number of amides is 1. The third-order valence-corrected chi connectivity index (χ3v) is 3.70. The van der Waals surface area contributed by atoms with Crippen LogP contribution in [0.2, 0.25) is 5.02 Å². The maximum absolute atomic E-state index is 12.7. The SMILES string of the molecule is O=C(O)C1Oc2cc(Oc3ccc(C(F)(F)F)cc3Cl)ccc2NC1=O. The van der Waals surface area contributed by atoms with E-state index in [0.29, 0.717) is 0 Å². The standard InChI is InChI=1S/C16H9ClF3NO5/c17-9-5-7(16(18,19)20)1-4-11(9)25-8-2-3-10-12(6-8)26-13(15(23)24)14(22)21-10/h1-6,13H,(H,21,22)(H,23,24). The van der Waals surface area contributed by atoms with Gasteiger partial charge in [-0.05, 0) is 30.3 Å². The first-order valence-electron chi connectivity index (χ1n) is 7.04. The molecule has 1 unspecified atom stereocenters. The van der Waals surface area contributed by atoms with Crippen LogP contribution in [-0.2, 0) is 15.8 Å². The molecule has 1 heterocycles.